The van der Waals surface area contributed by atoms with Crippen molar-refractivity contribution in [3.05, 3.63) is 28.8 Å². The zero-order valence-electron chi connectivity index (χ0n) is 11.1. The Hall–Kier alpha value is -0.730. The lowest BCUT2D eigenvalue weighted by Gasteiger charge is -2.26. The van der Waals surface area contributed by atoms with Crippen LogP contribution in [0.4, 0.5) is 5.69 Å². The second kappa shape index (κ2) is 6.27. The average Bonchev–Trinajstić information content (AvgIpc) is 2.24. The highest BCUT2D eigenvalue weighted by Gasteiger charge is 2.11. The monoisotopic (exact) mass is 255 g/mol. The topological polar surface area (TPSA) is 23.5 Å². The molecule has 0 spiro atoms. The van der Waals surface area contributed by atoms with Crippen molar-refractivity contribution in [3.8, 4) is 0 Å². The minimum atomic E-state index is -0.517. The minimum absolute atomic E-state index is 0.517. The maximum atomic E-state index is 9.54. The Labute approximate surface area is 109 Å². The van der Waals surface area contributed by atoms with Gasteiger partial charge in [0.1, 0.15) is 0 Å². The molecule has 3 heteroatoms. The molecule has 2 nitrogen and oxygen atoms in total. The fourth-order valence-corrected chi connectivity index (χ4v) is 2.24. The van der Waals surface area contributed by atoms with Gasteiger partial charge in [-0.15, -0.1) is 0 Å². The molecular weight excluding hydrogens is 234 g/mol. The largest absolute Gasteiger partial charge is 0.389 e. The molecule has 1 rings (SSSR count). The summed E-state index contributed by atoms with van der Waals surface area (Å²) in [5.41, 5.74) is 1.91. The van der Waals surface area contributed by atoms with Crippen LogP contribution in [0.2, 0.25) is 5.02 Å². The zero-order valence-corrected chi connectivity index (χ0v) is 11.8. The van der Waals surface area contributed by atoms with Crippen molar-refractivity contribution in [2.45, 2.75) is 33.8 Å². The molecule has 1 unspecified atom stereocenters. The van der Waals surface area contributed by atoms with Crippen LogP contribution in [-0.2, 0) is 0 Å². The average molecular weight is 256 g/mol. The number of hydrogen-bond donors (Lipinski definition) is 1. The van der Waals surface area contributed by atoms with Crippen molar-refractivity contribution >= 4 is 17.3 Å². The molecule has 96 valence electrons. The Kier molecular flexibility index (Phi) is 5.29. The number of aliphatic hydroxyl groups is 1. The lowest BCUT2D eigenvalue weighted by Crippen LogP contribution is -2.27. The van der Waals surface area contributed by atoms with E-state index in [-0.39, 0.29) is 0 Å². The van der Waals surface area contributed by atoms with Crippen LogP contribution < -0.4 is 4.90 Å². The summed E-state index contributed by atoms with van der Waals surface area (Å²) in [6.45, 7) is 10.2. The van der Waals surface area contributed by atoms with Crippen molar-refractivity contribution in [3.63, 3.8) is 0 Å². The van der Waals surface area contributed by atoms with Gasteiger partial charge in [0, 0.05) is 23.8 Å². The van der Waals surface area contributed by atoms with Crippen LogP contribution in [0.3, 0.4) is 0 Å². The van der Waals surface area contributed by atoms with Gasteiger partial charge in [0.05, 0.1) is 6.10 Å². The first-order valence-corrected chi connectivity index (χ1v) is 6.56. The number of rotatable bonds is 5. The number of aliphatic hydroxyl groups excluding tert-OH is 1. The van der Waals surface area contributed by atoms with E-state index in [1.807, 2.05) is 18.2 Å². The lowest BCUT2D eigenvalue weighted by molar-refractivity contribution is 0.199. The summed E-state index contributed by atoms with van der Waals surface area (Å²) in [6, 6.07) is 5.88. The minimum Gasteiger partial charge on any atom is -0.389 e. The summed E-state index contributed by atoms with van der Waals surface area (Å²) in [5, 5.41) is 10.2. The fraction of sp³-hybridized carbons (Fsp3) is 0.571. The van der Waals surface area contributed by atoms with Gasteiger partial charge in [0.25, 0.3) is 0 Å². The SMILES string of the molecule is CCN(CC(C)C)c1ccc(C(C)O)c(Cl)c1. The standard InChI is InChI=1S/C14H22ClNO/c1-5-16(9-10(2)3)12-6-7-13(11(4)17)14(15)8-12/h6-8,10-11,17H,5,9H2,1-4H3. The number of nitrogens with zero attached hydrogens (tertiary/aromatic N) is 1. The predicted molar refractivity (Wildman–Crippen MR) is 74.8 cm³/mol. The first kappa shape index (κ1) is 14.3. The second-order valence-corrected chi connectivity index (χ2v) is 5.22. The molecule has 17 heavy (non-hydrogen) atoms. The quantitative estimate of drug-likeness (QED) is 0.863. The maximum Gasteiger partial charge on any atom is 0.0776 e. The first-order chi connectivity index (χ1) is 7.95. The maximum absolute atomic E-state index is 9.54. The molecule has 0 aliphatic heterocycles. The Balaban J connectivity index is 2.94. The number of benzene rings is 1. The highest BCUT2D eigenvalue weighted by molar-refractivity contribution is 6.31. The number of hydrogen-bond acceptors (Lipinski definition) is 2. The summed E-state index contributed by atoms with van der Waals surface area (Å²) >= 11 is 6.18. The molecule has 0 aromatic heterocycles. The lowest BCUT2D eigenvalue weighted by atomic mass is 10.1. The molecule has 0 fully saturated rings. The van der Waals surface area contributed by atoms with Crippen molar-refractivity contribution < 1.29 is 5.11 Å². The molecule has 0 bridgehead atoms. The Morgan fingerprint density at radius 1 is 1.29 bits per heavy atom. The molecule has 0 aliphatic carbocycles. The van der Waals surface area contributed by atoms with E-state index >= 15 is 0 Å². The van der Waals surface area contributed by atoms with Crippen molar-refractivity contribution in [2.24, 2.45) is 5.92 Å². The van der Waals surface area contributed by atoms with E-state index in [4.69, 9.17) is 11.6 Å². The van der Waals surface area contributed by atoms with Crippen LogP contribution in [0, 0.1) is 5.92 Å². The van der Waals surface area contributed by atoms with Gasteiger partial charge in [0.2, 0.25) is 0 Å². The normalized spacial score (nSPS) is 12.9. The number of anilines is 1. The Morgan fingerprint density at radius 2 is 1.94 bits per heavy atom. The molecule has 0 amide bonds. The van der Waals surface area contributed by atoms with Gasteiger partial charge in [-0.25, -0.2) is 0 Å². The van der Waals surface area contributed by atoms with Gasteiger partial charge in [-0.3, -0.25) is 0 Å². The third-order valence-corrected chi connectivity index (χ3v) is 3.09. The molecule has 1 atom stereocenters. The summed E-state index contributed by atoms with van der Waals surface area (Å²) in [5.74, 6) is 0.616. The van der Waals surface area contributed by atoms with Crippen LogP contribution in [-0.4, -0.2) is 18.2 Å². The summed E-state index contributed by atoms with van der Waals surface area (Å²) in [4.78, 5) is 2.29. The van der Waals surface area contributed by atoms with Crippen LogP contribution in [0.15, 0.2) is 18.2 Å². The van der Waals surface area contributed by atoms with E-state index in [1.54, 1.807) is 6.92 Å². The molecule has 1 N–H and O–H groups in total. The molecule has 0 saturated heterocycles. The van der Waals surface area contributed by atoms with Crippen LogP contribution >= 0.6 is 11.6 Å². The zero-order chi connectivity index (χ0) is 13.0. The molecule has 1 aromatic carbocycles. The Bertz CT molecular complexity index is 363. The van der Waals surface area contributed by atoms with Crippen molar-refractivity contribution in [1.82, 2.24) is 0 Å². The number of halogens is 1. The van der Waals surface area contributed by atoms with E-state index in [0.29, 0.717) is 10.9 Å². The smallest absolute Gasteiger partial charge is 0.0776 e. The fourth-order valence-electron chi connectivity index (χ4n) is 1.91. The third-order valence-electron chi connectivity index (χ3n) is 2.77. The second-order valence-electron chi connectivity index (χ2n) is 4.81. The molecular formula is C14H22ClNO. The highest BCUT2D eigenvalue weighted by Crippen LogP contribution is 2.28. The van der Waals surface area contributed by atoms with Crippen LogP contribution in [0.5, 0.6) is 0 Å². The summed E-state index contributed by atoms with van der Waals surface area (Å²) < 4.78 is 0. The van der Waals surface area contributed by atoms with E-state index in [1.165, 1.54) is 0 Å². The van der Waals surface area contributed by atoms with E-state index in [9.17, 15) is 5.11 Å². The van der Waals surface area contributed by atoms with Gasteiger partial charge in [0.15, 0.2) is 0 Å². The molecule has 0 heterocycles. The van der Waals surface area contributed by atoms with Crippen molar-refractivity contribution in [2.75, 3.05) is 18.0 Å². The van der Waals surface area contributed by atoms with E-state index in [0.717, 1.165) is 24.3 Å². The van der Waals surface area contributed by atoms with Crippen molar-refractivity contribution in [1.29, 1.82) is 0 Å². The van der Waals surface area contributed by atoms with E-state index < -0.39 is 6.10 Å². The molecule has 0 radical (unpaired) electrons. The van der Waals surface area contributed by atoms with Gasteiger partial charge < -0.3 is 10.0 Å². The Morgan fingerprint density at radius 3 is 2.35 bits per heavy atom. The van der Waals surface area contributed by atoms with Gasteiger partial charge in [-0.1, -0.05) is 31.5 Å². The van der Waals surface area contributed by atoms with Gasteiger partial charge in [-0.05, 0) is 37.5 Å². The van der Waals surface area contributed by atoms with Crippen LogP contribution in [0.25, 0.3) is 0 Å². The molecule has 0 aliphatic rings. The highest BCUT2D eigenvalue weighted by atomic mass is 35.5. The van der Waals surface area contributed by atoms with Gasteiger partial charge >= 0.3 is 0 Å². The third kappa shape index (κ3) is 3.90. The van der Waals surface area contributed by atoms with Crippen LogP contribution in [0.1, 0.15) is 39.4 Å². The first-order valence-electron chi connectivity index (χ1n) is 6.18. The molecule has 1 aromatic rings. The van der Waals surface area contributed by atoms with E-state index in [2.05, 4.69) is 25.7 Å². The van der Waals surface area contributed by atoms with Gasteiger partial charge in [-0.2, -0.15) is 0 Å². The molecule has 0 saturated carbocycles. The predicted octanol–water partition coefficient (Wildman–Crippen LogP) is 3.88. The summed E-state index contributed by atoms with van der Waals surface area (Å²) in [6.07, 6.45) is -0.517. The summed E-state index contributed by atoms with van der Waals surface area (Å²) in [7, 11) is 0.